The highest BCUT2D eigenvalue weighted by Gasteiger charge is 2.15. The Balaban J connectivity index is 2.47. The summed E-state index contributed by atoms with van der Waals surface area (Å²) in [7, 11) is 0. The van der Waals surface area contributed by atoms with Gasteiger partial charge in [0.2, 0.25) is 0 Å². The van der Waals surface area contributed by atoms with E-state index >= 15 is 0 Å². The maximum atomic E-state index is 12.2. The first-order chi connectivity index (χ1) is 8.49. The average Bonchev–Trinajstić information content (AvgIpc) is 2.35. The SMILES string of the molecule is Nc1ncc(Cl)cc1C(=O)c1ccc(Cl)c(Cl)c1. The smallest absolute Gasteiger partial charge is 0.196 e. The summed E-state index contributed by atoms with van der Waals surface area (Å²) in [6.07, 6.45) is 1.38. The highest BCUT2D eigenvalue weighted by Crippen LogP contribution is 2.25. The zero-order valence-electron chi connectivity index (χ0n) is 8.95. The third-order valence-corrected chi connectivity index (χ3v) is 3.26. The van der Waals surface area contributed by atoms with Gasteiger partial charge < -0.3 is 5.73 Å². The largest absolute Gasteiger partial charge is 0.383 e. The maximum Gasteiger partial charge on any atom is 0.196 e. The molecular formula is C12H7Cl3N2O. The summed E-state index contributed by atoms with van der Waals surface area (Å²) in [5.41, 5.74) is 6.26. The number of rotatable bonds is 2. The molecule has 6 heteroatoms. The second-order valence-electron chi connectivity index (χ2n) is 3.54. The Morgan fingerprint density at radius 2 is 1.83 bits per heavy atom. The Labute approximate surface area is 118 Å². The Kier molecular flexibility index (Phi) is 3.76. The van der Waals surface area contributed by atoms with E-state index < -0.39 is 0 Å². The molecule has 0 saturated carbocycles. The van der Waals surface area contributed by atoms with Crippen LogP contribution >= 0.6 is 34.8 Å². The van der Waals surface area contributed by atoms with Crippen LogP contribution < -0.4 is 5.73 Å². The first-order valence-corrected chi connectivity index (χ1v) is 6.03. The predicted molar refractivity (Wildman–Crippen MR) is 73.6 cm³/mol. The molecule has 0 radical (unpaired) electrons. The van der Waals surface area contributed by atoms with Crippen LogP contribution in [0.4, 0.5) is 5.82 Å². The van der Waals surface area contributed by atoms with Gasteiger partial charge in [-0.05, 0) is 24.3 Å². The standard InChI is InChI=1S/C12H7Cl3N2O/c13-7-4-8(12(16)17-5-7)11(18)6-1-2-9(14)10(15)3-6/h1-5H,(H2,16,17). The molecule has 2 N–H and O–H groups in total. The van der Waals surface area contributed by atoms with E-state index in [9.17, 15) is 4.79 Å². The van der Waals surface area contributed by atoms with Crippen molar-refractivity contribution in [2.75, 3.05) is 5.73 Å². The Bertz CT molecular complexity index is 629. The van der Waals surface area contributed by atoms with Gasteiger partial charge in [0.1, 0.15) is 5.82 Å². The molecule has 92 valence electrons. The zero-order chi connectivity index (χ0) is 13.3. The van der Waals surface area contributed by atoms with E-state index in [4.69, 9.17) is 40.5 Å². The fourth-order valence-electron chi connectivity index (χ4n) is 1.42. The molecule has 0 fully saturated rings. The van der Waals surface area contributed by atoms with E-state index in [1.54, 1.807) is 12.1 Å². The summed E-state index contributed by atoms with van der Waals surface area (Å²) in [6, 6.07) is 6.06. The summed E-state index contributed by atoms with van der Waals surface area (Å²) < 4.78 is 0. The van der Waals surface area contributed by atoms with Crippen molar-refractivity contribution < 1.29 is 4.79 Å². The average molecular weight is 302 g/mol. The van der Waals surface area contributed by atoms with E-state index in [0.29, 0.717) is 20.6 Å². The van der Waals surface area contributed by atoms with Crippen LogP contribution in [-0.4, -0.2) is 10.8 Å². The third kappa shape index (κ3) is 2.58. The number of nitrogens with two attached hydrogens (primary N) is 1. The van der Waals surface area contributed by atoms with Crippen LogP contribution in [0.2, 0.25) is 15.1 Å². The number of aromatic nitrogens is 1. The van der Waals surface area contributed by atoms with Crippen molar-refractivity contribution in [3.05, 3.63) is 56.7 Å². The summed E-state index contributed by atoms with van der Waals surface area (Å²) in [6.45, 7) is 0. The zero-order valence-corrected chi connectivity index (χ0v) is 11.2. The summed E-state index contributed by atoms with van der Waals surface area (Å²) in [5, 5.41) is 1.02. The lowest BCUT2D eigenvalue weighted by Gasteiger charge is -2.05. The van der Waals surface area contributed by atoms with Gasteiger partial charge >= 0.3 is 0 Å². The number of carbonyl (C=O) groups is 1. The van der Waals surface area contributed by atoms with Crippen molar-refractivity contribution in [2.45, 2.75) is 0 Å². The van der Waals surface area contributed by atoms with Crippen LogP contribution in [0.15, 0.2) is 30.5 Å². The molecule has 2 rings (SSSR count). The molecule has 0 atom stereocenters. The van der Waals surface area contributed by atoms with Gasteiger partial charge in [-0.2, -0.15) is 0 Å². The van der Waals surface area contributed by atoms with Gasteiger partial charge in [0, 0.05) is 11.8 Å². The van der Waals surface area contributed by atoms with Crippen LogP contribution in [0, 0.1) is 0 Å². The van der Waals surface area contributed by atoms with E-state index in [1.807, 2.05) is 0 Å². The minimum atomic E-state index is -0.305. The molecule has 1 heterocycles. The Hall–Kier alpha value is -1.29. The first kappa shape index (κ1) is 13.1. The lowest BCUT2D eigenvalue weighted by Crippen LogP contribution is -2.07. The number of anilines is 1. The van der Waals surface area contributed by atoms with Crippen molar-refractivity contribution in [3.8, 4) is 0 Å². The third-order valence-electron chi connectivity index (χ3n) is 2.31. The van der Waals surface area contributed by atoms with Crippen LogP contribution in [-0.2, 0) is 0 Å². The fraction of sp³-hybridized carbons (Fsp3) is 0. The fourth-order valence-corrected chi connectivity index (χ4v) is 1.88. The van der Waals surface area contributed by atoms with Gasteiger partial charge in [0.05, 0.1) is 20.6 Å². The molecule has 0 saturated heterocycles. The normalized spacial score (nSPS) is 10.4. The molecule has 0 aliphatic carbocycles. The number of pyridine rings is 1. The summed E-state index contributed by atoms with van der Waals surface area (Å²) in [5.74, 6) is -0.184. The number of benzene rings is 1. The molecule has 0 bridgehead atoms. The number of nitrogens with zero attached hydrogens (tertiary/aromatic N) is 1. The van der Waals surface area contributed by atoms with Crippen molar-refractivity contribution >= 4 is 46.4 Å². The minimum absolute atomic E-state index is 0.121. The number of carbonyl (C=O) groups excluding carboxylic acids is 1. The molecule has 2 aromatic rings. The van der Waals surface area contributed by atoms with E-state index in [-0.39, 0.29) is 17.2 Å². The van der Waals surface area contributed by atoms with Gasteiger partial charge in [0.25, 0.3) is 0 Å². The maximum absolute atomic E-state index is 12.2. The van der Waals surface area contributed by atoms with Gasteiger partial charge in [0.15, 0.2) is 5.78 Å². The van der Waals surface area contributed by atoms with Crippen LogP contribution in [0.5, 0.6) is 0 Å². The van der Waals surface area contributed by atoms with Crippen molar-refractivity contribution in [2.24, 2.45) is 0 Å². The lowest BCUT2D eigenvalue weighted by atomic mass is 10.0. The van der Waals surface area contributed by atoms with Gasteiger partial charge in [-0.25, -0.2) is 4.98 Å². The van der Waals surface area contributed by atoms with Crippen molar-refractivity contribution in [3.63, 3.8) is 0 Å². The molecule has 0 spiro atoms. The number of nitrogen functional groups attached to an aromatic ring is 1. The Morgan fingerprint density at radius 3 is 2.50 bits per heavy atom. The number of ketones is 1. The molecule has 0 amide bonds. The molecule has 18 heavy (non-hydrogen) atoms. The van der Waals surface area contributed by atoms with E-state index in [2.05, 4.69) is 4.98 Å². The molecular weight excluding hydrogens is 295 g/mol. The van der Waals surface area contributed by atoms with Gasteiger partial charge in [-0.1, -0.05) is 34.8 Å². The minimum Gasteiger partial charge on any atom is -0.383 e. The van der Waals surface area contributed by atoms with E-state index in [1.165, 1.54) is 18.3 Å². The number of hydrogen-bond acceptors (Lipinski definition) is 3. The molecule has 3 nitrogen and oxygen atoms in total. The lowest BCUT2D eigenvalue weighted by molar-refractivity contribution is 0.103. The second kappa shape index (κ2) is 5.14. The number of hydrogen-bond donors (Lipinski definition) is 1. The monoisotopic (exact) mass is 300 g/mol. The number of halogens is 3. The Morgan fingerprint density at radius 1 is 1.11 bits per heavy atom. The molecule has 0 aliphatic rings. The molecule has 0 aliphatic heterocycles. The predicted octanol–water partition coefficient (Wildman–Crippen LogP) is 3.86. The summed E-state index contributed by atoms with van der Waals surface area (Å²) in [4.78, 5) is 16.0. The molecule has 1 aromatic heterocycles. The van der Waals surface area contributed by atoms with Gasteiger partial charge in [-0.3, -0.25) is 4.79 Å². The van der Waals surface area contributed by atoms with Crippen molar-refractivity contribution in [1.29, 1.82) is 0 Å². The van der Waals surface area contributed by atoms with Crippen LogP contribution in [0.25, 0.3) is 0 Å². The highest BCUT2D eigenvalue weighted by atomic mass is 35.5. The molecule has 0 unspecified atom stereocenters. The van der Waals surface area contributed by atoms with Gasteiger partial charge in [-0.15, -0.1) is 0 Å². The quantitative estimate of drug-likeness (QED) is 0.857. The first-order valence-electron chi connectivity index (χ1n) is 4.90. The second-order valence-corrected chi connectivity index (χ2v) is 4.80. The van der Waals surface area contributed by atoms with Crippen LogP contribution in [0.3, 0.4) is 0 Å². The van der Waals surface area contributed by atoms with Crippen LogP contribution in [0.1, 0.15) is 15.9 Å². The topological polar surface area (TPSA) is 56.0 Å². The summed E-state index contributed by atoms with van der Waals surface area (Å²) >= 11 is 17.4. The van der Waals surface area contributed by atoms with E-state index in [0.717, 1.165) is 0 Å². The highest BCUT2D eigenvalue weighted by molar-refractivity contribution is 6.42. The molecule has 1 aromatic carbocycles. The van der Waals surface area contributed by atoms with Crippen molar-refractivity contribution in [1.82, 2.24) is 4.98 Å².